The molecule has 6 nitrogen and oxygen atoms in total. The molecule has 4 aromatic rings. The molecule has 0 saturated carbocycles. The molecule has 0 aliphatic rings. The molecule has 126 valence electrons. The highest BCUT2D eigenvalue weighted by Crippen LogP contribution is 2.27. The van der Waals surface area contributed by atoms with Gasteiger partial charge < -0.3 is 8.94 Å². The van der Waals surface area contributed by atoms with Crippen LogP contribution in [0.4, 0.5) is 4.39 Å². The molecule has 0 spiro atoms. The molecule has 0 atom stereocenters. The van der Waals surface area contributed by atoms with E-state index in [0.717, 1.165) is 0 Å². The highest BCUT2D eigenvalue weighted by atomic mass is 19.1. The van der Waals surface area contributed by atoms with Gasteiger partial charge in [-0.25, -0.2) is 9.18 Å². The fraction of sp³-hybridized carbons (Fsp3) is 0.167. The lowest BCUT2D eigenvalue weighted by Gasteiger charge is -2.04. The van der Waals surface area contributed by atoms with Crippen LogP contribution in [0, 0.1) is 5.82 Å². The number of oxazole rings is 1. The lowest BCUT2D eigenvalue weighted by atomic mass is 10.2. The van der Waals surface area contributed by atoms with Gasteiger partial charge in [0.15, 0.2) is 5.58 Å². The lowest BCUT2D eigenvalue weighted by molar-refractivity contribution is 0.429. The Morgan fingerprint density at radius 2 is 1.96 bits per heavy atom. The molecule has 0 aliphatic heterocycles. The minimum atomic E-state index is -0.437. The smallest absolute Gasteiger partial charge is 0.408 e. The first kappa shape index (κ1) is 15.3. The summed E-state index contributed by atoms with van der Waals surface area (Å²) in [5, 5.41) is 3.90. The van der Waals surface area contributed by atoms with Crippen molar-refractivity contribution >= 4 is 11.1 Å². The standard InChI is InChI=1S/C18H14FN3O3/c1-10(2)22-14-8-7-11(9-15(14)24-18(22)23)16-20-17(25-21-16)12-5-3-4-6-13(12)19/h3-10H,1-2H3. The van der Waals surface area contributed by atoms with E-state index in [4.69, 9.17) is 8.94 Å². The zero-order valence-electron chi connectivity index (χ0n) is 13.6. The van der Waals surface area contributed by atoms with Gasteiger partial charge in [0.05, 0.1) is 11.1 Å². The second-order valence-electron chi connectivity index (χ2n) is 5.92. The highest BCUT2D eigenvalue weighted by molar-refractivity contribution is 5.79. The van der Waals surface area contributed by atoms with Crippen LogP contribution in [0.3, 0.4) is 0 Å². The zero-order chi connectivity index (χ0) is 17.6. The first-order chi connectivity index (χ1) is 12.0. The molecule has 7 heteroatoms. The summed E-state index contributed by atoms with van der Waals surface area (Å²) in [6.07, 6.45) is 0. The summed E-state index contributed by atoms with van der Waals surface area (Å²) in [7, 11) is 0. The maximum atomic E-state index is 13.8. The van der Waals surface area contributed by atoms with Crippen LogP contribution in [0.5, 0.6) is 0 Å². The highest BCUT2D eigenvalue weighted by Gasteiger charge is 2.17. The van der Waals surface area contributed by atoms with Crippen molar-refractivity contribution in [3.8, 4) is 22.8 Å². The van der Waals surface area contributed by atoms with E-state index in [1.54, 1.807) is 41.0 Å². The number of hydrogen-bond acceptors (Lipinski definition) is 5. The van der Waals surface area contributed by atoms with Crippen LogP contribution in [0.1, 0.15) is 19.9 Å². The van der Waals surface area contributed by atoms with Gasteiger partial charge in [-0.2, -0.15) is 4.98 Å². The first-order valence-electron chi connectivity index (χ1n) is 7.78. The molecule has 0 radical (unpaired) electrons. The van der Waals surface area contributed by atoms with E-state index in [1.165, 1.54) is 6.07 Å². The van der Waals surface area contributed by atoms with Crippen molar-refractivity contribution in [3.63, 3.8) is 0 Å². The molecule has 2 aromatic heterocycles. The molecule has 0 fully saturated rings. The predicted molar refractivity (Wildman–Crippen MR) is 89.5 cm³/mol. The van der Waals surface area contributed by atoms with Gasteiger partial charge in [-0.3, -0.25) is 4.57 Å². The Balaban J connectivity index is 1.78. The Morgan fingerprint density at radius 3 is 2.72 bits per heavy atom. The van der Waals surface area contributed by atoms with E-state index < -0.39 is 11.6 Å². The van der Waals surface area contributed by atoms with Crippen molar-refractivity contribution in [1.29, 1.82) is 0 Å². The molecular formula is C18H14FN3O3. The number of hydrogen-bond donors (Lipinski definition) is 0. The zero-order valence-corrected chi connectivity index (χ0v) is 13.6. The SMILES string of the molecule is CC(C)n1c(=O)oc2cc(-c3noc(-c4ccccc4F)n3)ccc21. The predicted octanol–water partition coefficient (Wildman–Crippen LogP) is 4.03. The second-order valence-corrected chi connectivity index (χ2v) is 5.92. The molecule has 0 saturated heterocycles. The van der Waals surface area contributed by atoms with Crippen LogP contribution in [0.25, 0.3) is 33.9 Å². The van der Waals surface area contributed by atoms with Crippen LogP contribution in [0.2, 0.25) is 0 Å². The number of benzene rings is 2. The Bertz CT molecular complexity index is 1120. The summed E-state index contributed by atoms with van der Waals surface area (Å²) in [6.45, 7) is 3.81. The summed E-state index contributed by atoms with van der Waals surface area (Å²) in [5.41, 5.74) is 1.98. The fourth-order valence-electron chi connectivity index (χ4n) is 2.75. The third-order valence-corrected chi connectivity index (χ3v) is 3.92. The monoisotopic (exact) mass is 339 g/mol. The third-order valence-electron chi connectivity index (χ3n) is 3.92. The Morgan fingerprint density at radius 1 is 1.16 bits per heavy atom. The van der Waals surface area contributed by atoms with Gasteiger partial charge in [0.1, 0.15) is 5.82 Å². The van der Waals surface area contributed by atoms with Crippen molar-refractivity contribution < 1.29 is 13.3 Å². The summed E-state index contributed by atoms with van der Waals surface area (Å²) in [4.78, 5) is 16.2. The second kappa shape index (κ2) is 5.70. The number of halogens is 1. The van der Waals surface area contributed by atoms with Crippen molar-refractivity contribution in [3.05, 3.63) is 58.8 Å². The molecule has 2 heterocycles. The fourth-order valence-corrected chi connectivity index (χ4v) is 2.75. The minimum Gasteiger partial charge on any atom is -0.408 e. The average molecular weight is 339 g/mol. The van der Waals surface area contributed by atoms with Gasteiger partial charge in [0.25, 0.3) is 5.89 Å². The minimum absolute atomic E-state index is 0.0163. The third kappa shape index (κ3) is 2.53. The maximum absolute atomic E-state index is 13.8. The molecule has 0 N–H and O–H groups in total. The Hall–Kier alpha value is -3.22. The van der Waals surface area contributed by atoms with Crippen LogP contribution in [-0.2, 0) is 0 Å². The molecule has 0 bridgehead atoms. The Labute approximate surface area is 141 Å². The maximum Gasteiger partial charge on any atom is 0.420 e. The molecule has 0 aliphatic carbocycles. The van der Waals surface area contributed by atoms with E-state index in [1.807, 2.05) is 13.8 Å². The van der Waals surface area contributed by atoms with Crippen LogP contribution < -0.4 is 5.76 Å². The van der Waals surface area contributed by atoms with E-state index in [0.29, 0.717) is 22.5 Å². The molecular weight excluding hydrogens is 325 g/mol. The largest absolute Gasteiger partial charge is 0.420 e. The summed E-state index contributed by atoms with van der Waals surface area (Å²) >= 11 is 0. The summed E-state index contributed by atoms with van der Waals surface area (Å²) in [6, 6.07) is 11.4. The molecule has 4 rings (SSSR count). The van der Waals surface area contributed by atoms with Gasteiger partial charge in [0.2, 0.25) is 5.82 Å². The van der Waals surface area contributed by atoms with E-state index >= 15 is 0 Å². The number of aromatic nitrogens is 3. The normalized spacial score (nSPS) is 11.5. The molecule has 0 unspecified atom stereocenters. The van der Waals surface area contributed by atoms with Gasteiger partial charge in [-0.15, -0.1) is 0 Å². The van der Waals surface area contributed by atoms with Crippen LogP contribution in [-0.4, -0.2) is 14.7 Å². The van der Waals surface area contributed by atoms with Crippen molar-refractivity contribution in [2.75, 3.05) is 0 Å². The number of nitrogens with zero attached hydrogens (tertiary/aromatic N) is 3. The van der Waals surface area contributed by atoms with Crippen molar-refractivity contribution in [2.45, 2.75) is 19.9 Å². The van der Waals surface area contributed by atoms with E-state index in [9.17, 15) is 9.18 Å². The number of fused-ring (bicyclic) bond motifs is 1. The molecule has 2 aromatic carbocycles. The first-order valence-corrected chi connectivity index (χ1v) is 7.78. The summed E-state index contributed by atoms with van der Waals surface area (Å²) in [5.74, 6) is -0.468. The molecule has 0 amide bonds. The number of rotatable bonds is 3. The van der Waals surface area contributed by atoms with Gasteiger partial charge in [0, 0.05) is 11.6 Å². The van der Waals surface area contributed by atoms with Crippen molar-refractivity contribution in [2.24, 2.45) is 0 Å². The topological polar surface area (TPSA) is 74.1 Å². The van der Waals surface area contributed by atoms with Gasteiger partial charge >= 0.3 is 5.76 Å². The average Bonchev–Trinajstić information content (AvgIpc) is 3.18. The quantitative estimate of drug-likeness (QED) is 0.563. The van der Waals surface area contributed by atoms with Crippen LogP contribution in [0.15, 0.2) is 56.2 Å². The summed E-state index contributed by atoms with van der Waals surface area (Å²) < 4.78 is 25.9. The lowest BCUT2D eigenvalue weighted by Crippen LogP contribution is -2.15. The van der Waals surface area contributed by atoms with Gasteiger partial charge in [-0.1, -0.05) is 17.3 Å². The van der Waals surface area contributed by atoms with Gasteiger partial charge in [-0.05, 0) is 44.2 Å². The Kier molecular flexibility index (Phi) is 3.49. The van der Waals surface area contributed by atoms with Crippen molar-refractivity contribution in [1.82, 2.24) is 14.7 Å². The van der Waals surface area contributed by atoms with E-state index in [-0.39, 0.29) is 17.5 Å². The molecule has 25 heavy (non-hydrogen) atoms. The van der Waals surface area contributed by atoms with E-state index in [2.05, 4.69) is 10.1 Å². The van der Waals surface area contributed by atoms with Crippen LogP contribution >= 0.6 is 0 Å².